The van der Waals surface area contributed by atoms with Gasteiger partial charge in [0.15, 0.2) is 11.6 Å². The van der Waals surface area contributed by atoms with E-state index in [4.69, 9.17) is 35.4 Å². The second kappa shape index (κ2) is 23.2. The number of hydrogen-bond donors (Lipinski definition) is 10. The molecular weight excluding hydrogens is 937 g/mol. The molecule has 0 bridgehead atoms. The van der Waals surface area contributed by atoms with Crippen molar-refractivity contribution in [3.8, 4) is 17.1 Å². The summed E-state index contributed by atoms with van der Waals surface area (Å²) in [5.74, 6) is -8.39. The number of esters is 1. The van der Waals surface area contributed by atoms with Crippen molar-refractivity contribution >= 4 is 86.2 Å². The lowest BCUT2D eigenvalue weighted by Gasteiger charge is -2.31. The van der Waals surface area contributed by atoms with Crippen LogP contribution in [-0.4, -0.2) is 126 Å². The van der Waals surface area contributed by atoms with E-state index in [-0.39, 0.29) is 79.9 Å². The number of aliphatic carboxylic acids is 3. The number of aliphatic hydroxyl groups is 1. The number of carbonyl (C=O) groups excluding carboxylic acids is 5. The van der Waals surface area contributed by atoms with Crippen molar-refractivity contribution in [1.82, 2.24) is 30.8 Å². The number of carboxylic acids is 3. The zero-order chi connectivity index (χ0) is 49.9. The van der Waals surface area contributed by atoms with Crippen molar-refractivity contribution in [2.24, 2.45) is 5.73 Å². The van der Waals surface area contributed by atoms with Crippen LogP contribution >= 0.6 is 21.6 Å². The molecule has 2 aliphatic heterocycles. The Labute approximate surface area is 394 Å². The number of carbonyl (C=O) groups is 8. The van der Waals surface area contributed by atoms with E-state index in [2.05, 4.69) is 21.3 Å². The number of fused-ring (bicyclic) bond motifs is 5. The van der Waals surface area contributed by atoms with Crippen LogP contribution in [-0.2, 0) is 68.2 Å². The molecular formula is C42H50N8O16S2. The number of benzene rings is 1. The number of ether oxygens (including phenoxy) is 3. The van der Waals surface area contributed by atoms with Gasteiger partial charge in [-0.3, -0.25) is 34.2 Å². The molecule has 0 saturated heterocycles. The topological polar surface area (TPSA) is 378 Å². The third-order valence-electron chi connectivity index (χ3n) is 10.9. The molecule has 1 aromatic carbocycles. The lowest BCUT2D eigenvalue weighted by Crippen LogP contribution is -2.56. The van der Waals surface area contributed by atoms with Gasteiger partial charge >= 0.3 is 30.0 Å². The first kappa shape index (κ1) is 52.0. The Kier molecular flexibility index (Phi) is 17.7. The highest BCUT2D eigenvalue weighted by Crippen LogP contribution is 2.41. The Bertz CT molecular complexity index is 2570. The lowest BCUT2D eigenvalue weighted by molar-refractivity contribution is -0.172. The van der Waals surface area contributed by atoms with Crippen LogP contribution in [0.2, 0.25) is 0 Å². The highest BCUT2D eigenvalue weighted by molar-refractivity contribution is 8.76. The molecule has 4 heterocycles. The number of nitrogens with zero attached hydrogens (tertiary/aromatic N) is 2. The molecule has 3 amide bonds. The van der Waals surface area contributed by atoms with E-state index in [9.17, 15) is 58.5 Å². The highest BCUT2D eigenvalue weighted by atomic mass is 33.1. The summed E-state index contributed by atoms with van der Waals surface area (Å²) in [5.41, 5.74) is 6.39. The molecule has 3 aromatic rings. The lowest BCUT2D eigenvalue weighted by atomic mass is 9.86. The van der Waals surface area contributed by atoms with E-state index in [0.717, 1.165) is 32.7 Å². The fourth-order valence-electron chi connectivity index (χ4n) is 7.46. The Morgan fingerprint density at radius 1 is 0.956 bits per heavy atom. The van der Waals surface area contributed by atoms with Gasteiger partial charge in [0.05, 0.1) is 41.9 Å². The summed E-state index contributed by atoms with van der Waals surface area (Å²) in [6.07, 6.45) is -2.45. The van der Waals surface area contributed by atoms with Crippen LogP contribution in [0, 0.1) is 5.41 Å². The molecule has 5 rings (SSSR count). The third-order valence-corrected chi connectivity index (χ3v) is 13.2. The van der Waals surface area contributed by atoms with Crippen molar-refractivity contribution in [1.29, 1.82) is 5.41 Å². The van der Waals surface area contributed by atoms with Crippen molar-refractivity contribution in [3.05, 3.63) is 56.9 Å². The molecule has 2 aliphatic rings. The number of guanidine groups is 1. The highest BCUT2D eigenvalue weighted by Gasteiger charge is 2.45. The minimum Gasteiger partial charge on any atom is -0.481 e. The van der Waals surface area contributed by atoms with Gasteiger partial charge in [0.25, 0.3) is 5.56 Å². The SMILES string of the molecule is CCc1c2c(nc3ccc(OC(=O)OCCSSC[C@H](NC(=O)[C@H](CC(=O)O)NC(=O)[C@H](CCCNC(=N)N)NC(=O)CCC(=O)O)C(=O)O)cc13)-c1cc3c(c(=O)n1C2)COC(=O)[C@]3(O)CC. The number of nitrogens with one attached hydrogen (secondary N) is 5. The monoisotopic (exact) mass is 986 g/mol. The molecule has 0 radical (unpaired) electrons. The zero-order valence-corrected chi connectivity index (χ0v) is 38.3. The average Bonchev–Trinajstić information content (AvgIpc) is 3.65. The molecule has 11 N–H and O–H groups in total. The Hall–Kier alpha value is -6.93. The van der Waals surface area contributed by atoms with Gasteiger partial charge in [-0.2, -0.15) is 0 Å². The van der Waals surface area contributed by atoms with Crippen LogP contribution < -0.4 is 37.3 Å². The van der Waals surface area contributed by atoms with Crippen molar-refractivity contribution < 1.29 is 73.0 Å². The molecule has 366 valence electrons. The van der Waals surface area contributed by atoms with Crippen LogP contribution in [0.15, 0.2) is 29.1 Å². The van der Waals surface area contributed by atoms with Crippen LogP contribution in [0.25, 0.3) is 22.3 Å². The van der Waals surface area contributed by atoms with Gasteiger partial charge in [-0.1, -0.05) is 35.4 Å². The maximum atomic E-state index is 13.6. The Morgan fingerprint density at radius 3 is 2.34 bits per heavy atom. The van der Waals surface area contributed by atoms with Crippen LogP contribution in [0.5, 0.6) is 5.75 Å². The second-order valence-corrected chi connectivity index (χ2v) is 18.0. The minimum atomic E-state index is -1.97. The third kappa shape index (κ3) is 12.7. The normalized spacial score (nSPS) is 15.8. The van der Waals surface area contributed by atoms with Crippen molar-refractivity contribution in [2.75, 3.05) is 24.7 Å². The number of carboxylic acid groups (broad SMARTS) is 3. The quantitative estimate of drug-likeness (QED) is 0.0115. The van der Waals surface area contributed by atoms with Crippen molar-refractivity contribution in [3.63, 3.8) is 0 Å². The van der Waals surface area contributed by atoms with E-state index in [1.165, 1.54) is 10.6 Å². The van der Waals surface area contributed by atoms with Crippen molar-refractivity contribution in [2.45, 2.75) is 95.7 Å². The first-order valence-corrected chi connectivity index (χ1v) is 23.6. The predicted molar refractivity (Wildman–Crippen MR) is 242 cm³/mol. The molecule has 0 fully saturated rings. The number of aryl methyl sites for hydroxylation is 1. The van der Waals surface area contributed by atoms with Crippen LogP contribution in [0.4, 0.5) is 4.79 Å². The first-order valence-electron chi connectivity index (χ1n) is 21.1. The Morgan fingerprint density at radius 2 is 1.68 bits per heavy atom. The van der Waals surface area contributed by atoms with E-state index < -0.39 is 96.3 Å². The number of hydrogen-bond acceptors (Lipinski definition) is 17. The predicted octanol–water partition coefficient (Wildman–Crippen LogP) is 0.681. The number of rotatable bonds is 24. The fourth-order valence-corrected chi connectivity index (χ4v) is 9.44. The van der Waals surface area contributed by atoms with E-state index in [1.807, 2.05) is 6.92 Å². The van der Waals surface area contributed by atoms with Gasteiger partial charge in [-0.15, -0.1) is 0 Å². The molecule has 24 nitrogen and oxygen atoms in total. The van der Waals surface area contributed by atoms with Gasteiger partial charge in [0, 0.05) is 41.0 Å². The molecule has 26 heteroatoms. The summed E-state index contributed by atoms with van der Waals surface area (Å²) in [6.45, 7) is 3.39. The second-order valence-electron chi connectivity index (χ2n) is 15.4. The smallest absolute Gasteiger partial charge is 0.481 e. The average molecular weight is 987 g/mol. The minimum absolute atomic E-state index is 0.00279. The fraction of sp³-hybridized carbons (Fsp3) is 0.452. The van der Waals surface area contributed by atoms with E-state index in [0.29, 0.717) is 28.7 Å². The number of amides is 3. The molecule has 68 heavy (non-hydrogen) atoms. The van der Waals surface area contributed by atoms with E-state index in [1.54, 1.807) is 25.1 Å². The summed E-state index contributed by atoms with van der Waals surface area (Å²) in [5, 5.41) is 56.5. The van der Waals surface area contributed by atoms with Gasteiger partial charge in [0.1, 0.15) is 37.1 Å². The van der Waals surface area contributed by atoms with Gasteiger partial charge < -0.3 is 66.2 Å². The summed E-state index contributed by atoms with van der Waals surface area (Å²) in [6, 6.07) is 1.68. The summed E-state index contributed by atoms with van der Waals surface area (Å²) >= 11 is 0. The van der Waals surface area contributed by atoms with Crippen LogP contribution in [0.1, 0.15) is 74.6 Å². The maximum Gasteiger partial charge on any atom is 0.513 e. The van der Waals surface area contributed by atoms with Gasteiger partial charge in [0.2, 0.25) is 17.7 Å². The maximum absolute atomic E-state index is 13.6. The standard InChI is InChI=1S/C42H50N8O16S2/c1-3-21-22-14-20(7-8-26(22)47-34-23(21)17-50-30(34)15-25-24(37(50)58)18-65-39(61)42(25,63)4-2)66-41(62)64-12-13-67-68-19-29(38(59)60)49-36(57)28(16-33(54)55)48-35(56)27(6-5-11-45-40(43)44)46-31(51)9-10-32(52)53/h7-8,14-15,27-29,63H,3-6,9-13,16-19H2,1-2H3,(H,46,51)(H,48,56)(H,49,57)(H,52,53)(H,54,55)(H,59,60)(H4,43,44,45)/t27-,28-,29-,42-/m0/s1. The number of cyclic esters (lactones) is 1. The Balaban J connectivity index is 1.14. The summed E-state index contributed by atoms with van der Waals surface area (Å²) in [4.78, 5) is 117. The first-order chi connectivity index (χ1) is 32.3. The summed E-state index contributed by atoms with van der Waals surface area (Å²) in [7, 11) is 2.07. The number of pyridine rings is 2. The van der Waals surface area contributed by atoms with E-state index >= 15 is 0 Å². The molecule has 0 spiro atoms. The van der Waals surface area contributed by atoms with Gasteiger partial charge in [-0.05, 0) is 55.5 Å². The van der Waals surface area contributed by atoms with Gasteiger partial charge in [-0.25, -0.2) is 19.4 Å². The summed E-state index contributed by atoms with van der Waals surface area (Å²) < 4.78 is 17.3. The molecule has 0 aliphatic carbocycles. The van der Waals surface area contributed by atoms with Crippen LogP contribution in [0.3, 0.4) is 0 Å². The zero-order valence-electron chi connectivity index (χ0n) is 36.7. The molecule has 0 unspecified atom stereocenters. The number of nitrogens with two attached hydrogens (primary N) is 1. The molecule has 2 aromatic heterocycles. The largest absolute Gasteiger partial charge is 0.513 e. The molecule has 4 atom stereocenters. The number of aromatic nitrogens is 2. The molecule has 0 saturated carbocycles.